The molecule has 4 aromatic rings. The number of halogens is 1. The van der Waals surface area contributed by atoms with Crippen molar-refractivity contribution >= 4 is 17.6 Å². The largest absolute Gasteiger partial charge is 0.488 e. The number of carboxylic acid groups (broad SMARTS) is 1. The summed E-state index contributed by atoms with van der Waals surface area (Å²) in [6, 6.07) is 17.2. The Labute approximate surface area is 272 Å². The van der Waals surface area contributed by atoms with E-state index in [0.29, 0.717) is 46.4 Å². The molecule has 1 aliphatic rings. The molecule has 0 spiro atoms. The minimum Gasteiger partial charge on any atom is -0.488 e. The zero-order chi connectivity index (χ0) is 32.6. The highest BCUT2D eigenvalue weighted by atomic mass is 35.5. The Morgan fingerprint density at radius 3 is 2.59 bits per heavy atom. The predicted molar refractivity (Wildman–Crippen MR) is 171 cm³/mol. The van der Waals surface area contributed by atoms with Gasteiger partial charge in [-0.1, -0.05) is 35.9 Å². The second-order valence-corrected chi connectivity index (χ2v) is 11.3. The number of nitrogens with one attached hydrogen (secondary N) is 1. The summed E-state index contributed by atoms with van der Waals surface area (Å²) in [5.74, 6) is 0.337. The molecule has 1 aliphatic heterocycles. The van der Waals surface area contributed by atoms with Crippen LogP contribution >= 0.6 is 11.6 Å². The van der Waals surface area contributed by atoms with Crippen molar-refractivity contribution in [2.45, 2.75) is 33.6 Å². The Kier molecular flexibility index (Phi) is 10.6. The van der Waals surface area contributed by atoms with Crippen molar-refractivity contribution in [1.29, 1.82) is 5.26 Å². The highest BCUT2D eigenvalue weighted by Crippen LogP contribution is 2.41. The average molecular weight is 644 g/mol. The summed E-state index contributed by atoms with van der Waals surface area (Å²) in [4.78, 5) is 15.4. The number of fused-ring (bicyclic) bond motifs is 1. The molecule has 5 rings (SSSR count). The van der Waals surface area contributed by atoms with Crippen molar-refractivity contribution in [3.8, 4) is 40.2 Å². The number of aliphatic hydroxyl groups excluding tert-OH is 1. The number of aliphatic hydroxyl groups is 1. The first-order chi connectivity index (χ1) is 22.3. The molecule has 2 heterocycles. The van der Waals surface area contributed by atoms with Crippen LogP contribution in [0.2, 0.25) is 5.02 Å². The van der Waals surface area contributed by atoms with Gasteiger partial charge in [-0.15, -0.1) is 0 Å². The van der Waals surface area contributed by atoms with Crippen LogP contribution < -0.4 is 24.3 Å². The van der Waals surface area contributed by atoms with Gasteiger partial charge in [-0.25, -0.2) is 0 Å². The van der Waals surface area contributed by atoms with Crippen molar-refractivity contribution in [1.82, 2.24) is 10.3 Å². The molecule has 1 aromatic heterocycles. The SMILES string of the molecule is Cc1c(COc2cc(OCc3cncc(C#N)c3)c(CNC[C@@H](CO)C(=O)O)cc2Cl)cccc1-c1ccc2c(c1C)OCCO2. The number of aliphatic carboxylic acids is 1. The molecule has 0 fully saturated rings. The summed E-state index contributed by atoms with van der Waals surface area (Å²) in [5.41, 5.74) is 6.92. The number of carboxylic acids is 1. The second kappa shape index (κ2) is 15.0. The van der Waals surface area contributed by atoms with Crippen molar-refractivity contribution < 1.29 is 34.0 Å². The first kappa shape index (κ1) is 32.6. The van der Waals surface area contributed by atoms with E-state index in [0.717, 1.165) is 39.3 Å². The third-order valence-corrected chi connectivity index (χ3v) is 8.08. The van der Waals surface area contributed by atoms with Crippen LogP contribution in [0.15, 0.2) is 60.9 Å². The van der Waals surface area contributed by atoms with Crippen LogP contribution in [0.25, 0.3) is 11.1 Å². The molecule has 46 heavy (non-hydrogen) atoms. The molecule has 0 amide bonds. The number of carbonyl (C=O) groups is 1. The van der Waals surface area contributed by atoms with Gasteiger partial charge in [0.25, 0.3) is 0 Å². The minimum atomic E-state index is -1.10. The number of nitrogens with zero attached hydrogens (tertiary/aromatic N) is 2. The number of hydrogen-bond donors (Lipinski definition) is 3. The number of hydrogen-bond acceptors (Lipinski definition) is 9. The minimum absolute atomic E-state index is 0.0493. The lowest BCUT2D eigenvalue weighted by molar-refractivity contribution is -0.142. The normalized spacial score (nSPS) is 12.7. The maximum atomic E-state index is 11.3. The molecule has 11 heteroatoms. The van der Waals surface area contributed by atoms with Crippen LogP contribution in [0.5, 0.6) is 23.0 Å². The molecule has 10 nitrogen and oxygen atoms in total. The van der Waals surface area contributed by atoms with E-state index in [1.807, 2.05) is 31.2 Å². The molecule has 0 saturated carbocycles. The van der Waals surface area contributed by atoms with Crippen LogP contribution in [0.1, 0.15) is 33.4 Å². The molecule has 0 unspecified atom stereocenters. The number of nitriles is 1. The lowest BCUT2D eigenvalue weighted by atomic mass is 9.93. The van der Waals surface area contributed by atoms with E-state index in [2.05, 4.69) is 29.4 Å². The van der Waals surface area contributed by atoms with Crippen LogP contribution in [-0.2, 0) is 24.6 Å². The Hall–Kier alpha value is -4.82. The molecular formula is C35H34ClN3O7. The van der Waals surface area contributed by atoms with Gasteiger partial charge in [0, 0.05) is 48.2 Å². The van der Waals surface area contributed by atoms with Gasteiger partial charge < -0.3 is 34.5 Å². The van der Waals surface area contributed by atoms with Crippen LogP contribution in [-0.4, -0.2) is 47.5 Å². The highest BCUT2D eigenvalue weighted by molar-refractivity contribution is 6.32. The van der Waals surface area contributed by atoms with Gasteiger partial charge in [-0.05, 0) is 54.3 Å². The molecule has 0 radical (unpaired) electrons. The maximum Gasteiger partial charge on any atom is 0.310 e. The summed E-state index contributed by atoms with van der Waals surface area (Å²) in [7, 11) is 0. The van der Waals surface area contributed by atoms with Crippen LogP contribution in [0.3, 0.4) is 0 Å². The zero-order valence-electron chi connectivity index (χ0n) is 25.5. The quantitative estimate of drug-likeness (QED) is 0.168. The first-order valence-corrected chi connectivity index (χ1v) is 15.1. The fourth-order valence-electron chi connectivity index (χ4n) is 5.19. The number of pyridine rings is 1. The molecule has 0 bridgehead atoms. The summed E-state index contributed by atoms with van der Waals surface area (Å²) in [6.45, 7) is 5.28. The van der Waals surface area contributed by atoms with E-state index in [9.17, 15) is 20.3 Å². The van der Waals surface area contributed by atoms with Gasteiger partial charge in [0.05, 0.1) is 23.1 Å². The Balaban J connectivity index is 1.37. The van der Waals surface area contributed by atoms with Crippen LogP contribution in [0, 0.1) is 31.1 Å². The van der Waals surface area contributed by atoms with Gasteiger partial charge in [0.1, 0.15) is 44.0 Å². The van der Waals surface area contributed by atoms with E-state index in [1.165, 1.54) is 6.20 Å². The summed E-state index contributed by atoms with van der Waals surface area (Å²) >= 11 is 6.68. The maximum absolute atomic E-state index is 11.3. The average Bonchev–Trinajstić information content (AvgIpc) is 3.06. The van der Waals surface area contributed by atoms with Crippen molar-refractivity contribution in [3.63, 3.8) is 0 Å². The van der Waals surface area contributed by atoms with E-state index in [-0.39, 0.29) is 26.3 Å². The van der Waals surface area contributed by atoms with Gasteiger partial charge in [-0.3, -0.25) is 9.78 Å². The monoisotopic (exact) mass is 643 g/mol. The fraction of sp³-hybridized carbons (Fsp3) is 0.286. The van der Waals surface area contributed by atoms with Crippen LogP contribution in [0.4, 0.5) is 0 Å². The molecular weight excluding hydrogens is 610 g/mol. The van der Waals surface area contributed by atoms with Gasteiger partial charge in [0.2, 0.25) is 0 Å². The summed E-state index contributed by atoms with van der Waals surface area (Å²) in [6.07, 6.45) is 3.09. The lowest BCUT2D eigenvalue weighted by Crippen LogP contribution is -2.30. The Morgan fingerprint density at radius 1 is 1.02 bits per heavy atom. The van der Waals surface area contributed by atoms with Gasteiger partial charge in [0.15, 0.2) is 11.5 Å². The molecule has 1 atom stereocenters. The Bertz CT molecular complexity index is 1770. The second-order valence-electron chi connectivity index (χ2n) is 10.9. The number of aromatic nitrogens is 1. The summed E-state index contributed by atoms with van der Waals surface area (Å²) < 4.78 is 24.0. The topological polar surface area (TPSA) is 143 Å². The van der Waals surface area contributed by atoms with Crippen molar-refractivity contribution in [2.24, 2.45) is 5.92 Å². The van der Waals surface area contributed by atoms with E-state index in [4.69, 9.17) is 30.5 Å². The third-order valence-electron chi connectivity index (χ3n) is 7.79. The lowest BCUT2D eigenvalue weighted by Gasteiger charge is -2.22. The molecule has 238 valence electrons. The zero-order valence-corrected chi connectivity index (χ0v) is 26.3. The Morgan fingerprint density at radius 2 is 1.80 bits per heavy atom. The van der Waals surface area contributed by atoms with Crippen molar-refractivity contribution in [2.75, 3.05) is 26.4 Å². The van der Waals surface area contributed by atoms with E-state index >= 15 is 0 Å². The predicted octanol–water partition coefficient (Wildman–Crippen LogP) is 5.60. The van der Waals surface area contributed by atoms with E-state index in [1.54, 1.807) is 24.4 Å². The van der Waals surface area contributed by atoms with Gasteiger partial charge >= 0.3 is 5.97 Å². The first-order valence-electron chi connectivity index (χ1n) is 14.7. The van der Waals surface area contributed by atoms with E-state index < -0.39 is 18.5 Å². The van der Waals surface area contributed by atoms with Gasteiger partial charge in [-0.2, -0.15) is 5.26 Å². The number of benzene rings is 3. The molecule has 0 saturated heterocycles. The standard InChI is InChI=1S/C35H34ClN3O7/c1-21-25(4-3-5-28(21)29-6-7-31-34(22(29)2)44-9-8-43-31)20-46-33-12-32(45-19-24-10-23(13-37)14-38-15-24)26(11-30(33)36)16-39-17-27(18-40)35(41)42/h3-7,10-12,14-15,27,39-40H,8-9,16-20H2,1-2H3,(H,41,42)/t27-/m0/s1. The number of rotatable bonds is 13. The molecule has 0 aliphatic carbocycles. The fourth-order valence-corrected chi connectivity index (χ4v) is 5.43. The van der Waals surface area contributed by atoms with Crippen molar-refractivity contribution in [3.05, 3.63) is 99.3 Å². The molecule has 3 N–H and O–H groups in total. The molecule has 3 aromatic carbocycles. The third kappa shape index (κ3) is 7.51. The highest BCUT2D eigenvalue weighted by Gasteiger charge is 2.20. The smallest absolute Gasteiger partial charge is 0.310 e. The summed E-state index contributed by atoms with van der Waals surface area (Å²) in [5, 5.41) is 31.3. The number of ether oxygens (including phenoxy) is 4.